The number of benzene rings is 1. The Morgan fingerprint density at radius 3 is 2.87 bits per heavy atom. The Morgan fingerprint density at radius 2 is 2.20 bits per heavy atom. The van der Waals surface area contributed by atoms with Crippen molar-refractivity contribution in [2.45, 2.75) is 33.1 Å². The van der Waals surface area contributed by atoms with Crippen LogP contribution in [0.3, 0.4) is 0 Å². The fourth-order valence-corrected chi connectivity index (χ4v) is 2.50. The number of hydrogen-bond acceptors (Lipinski definition) is 2. The number of hydrogen-bond donors (Lipinski definition) is 1. The molecule has 2 heteroatoms. The molecule has 15 heavy (non-hydrogen) atoms. The van der Waals surface area contributed by atoms with Crippen molar-refractivity contribution in [3.8, 4) is 6.07 Å². The van der Waals surface area contributed by atoms with Crippen LogP contribution in [-0.2, 0) is 12.8 Å². The van der Waals surface area contributed by atoms with E-state index in [-0.39, 0.29) is 0 Å². The van der Waals surface area contributed by atoms with E-state index in [9.17, 15) is 0 Å². The summed E-state index contributed by atoms with van der Waals surface area (Å²) < 4.78 is 0. The van der Waals surface area contributed by atoms with Crippen molar-refractivity contribution in [2.24, 2.45) is 5.92 Å². The van der Waals surface area contributed by atoms with Gasteiger partial charge in [0.25, 0.3) is 0 Å². The van der Waals surface area contributed by atoms with E-state index in [1.807, 2.05) is 6.07 Å². The largest absolute Gasteiger partial charge is 0.398 e. The molecule has 78 valence electrons. The van der Waals surface area contributed by atoms with Gasteiger partial charge >= 0.3 is 0 Å². The fraction of sp³-hybridized carbons (Fsp3) is 0.462. The number of nitrogen functional groups attached to an aromatic ring is 1. The van der Waals surface area contributed by atoms with Crippen molar-refractivity contribution < 1.29 is 0 Å². The molecule has 0 saturated heterocycles. The van der Waals surface area contributed by atoms with E-state index in [1.165, 1.54) is 23.1 Å². The number of rotatable bonds is 0. The third kappa shape index (κ3) is 1.59. The SMILES string of the molecule is Cc1cc(N)c(C#N)c2c1CCC(C)C2. The lowest BCUT2D eigenvalue weighted by Gasteiger charge is -2.24. The zero-order valence-electron chi connectivity index (χ0n) is 9.30. The Bertz CT molecular complexity index is 441. The van der Waals surface area contributed by atoms with Gasteiger partial charge in [0, 0.05) is 5.69 Å². The van der Waals surface area contributed by atoms with Crippen molar-refractivity contribution in [2.75, 3.05) is 5.73 Å². The Balaban J connectivity index is 2.64. The molecule has 0 bridgehead atoms. The van der Waals surface area contributed by atoms with Crippen LogP contribution >= 0.6 is 0 Å². The van der Waals surface area contributed by atoms with Crippen molar-refractivity contribution in [1.29, 1.82) is 5.26 Å². The molecule has 0 spiro atoms. The first kappa shape index (κ1) is 10.0. The van der Waals surface area contributed by atoms with Crippen molar-refractivity contribution in [1.82, 2.24) is 0 Å². The second kappa shape index (κ2) is 3.58. The summed E-state index contributed by atoms with van der Waals surface area (Å²) in [6.07, 6.45) is 3.32. The predicted molar refractivity (Wildman–Crippen MR) is 61.5 cm³/mol. The molecule has 1 aromatic carbocycles. The van der Waals surface area contributed by atoms with E-state index >= 15 is 0 Å². The normalized spacial score (nSPS) is 19.4. The van der Waals surface area contributed by atoms with Crippen LogP contribution in [0.25, 0.3) is 0 Å². The van der Waals surface area contributed by atoms with E-state index in [0.29, 0.717) is 17.2 Å². The molecule has 0 aromatic heterocycles. The van der Waals surface area contributed by atoms with E-state index < -0.39 is 0 Å². The summed E-state index contributed by atoms with van der Waals surface area (Å²) in [5, 5.41) is 9.12. The average Bonchev–Trinajstić information content (AvgIpc) is 2.17. The first-order chi connectivity index (χ1) is 7.13. The molecule has 0 heterocycles. The van der Waals surface area contributed by atoms with E-state index in [0.717, 1.165) is 12.8 Å². The molecule has 0 amide bonds. The maximum atomic E-state index is 9.12. The average molecular weight is 200 g/mol. The number of nitrogens with two attached hydrogens (primary N) is 1. The van der Waals surface area contributed by atoms with Crippen LogP contribution < -0.4 is 5.73 Å². The first-order valence-corrected chi connectivity index (χ1v) is 5.44. The smallest absolute Gasteiger partial charge is 0.102 e. The topological polar surface area (TPSA) is 49.8 Å². The third-order valence-corrected chi connectivity index (χ3v) is 3.35. The minimum absolute atomic E-state index is 0.642. The van der Waals surface area contributed by atoms with Crippen LogP contribution in [0.2, 0.25) is 0 Å². The van der Waals surface area contributed by atoms with E-state index in [2.05, 4.69) is 19.9 Å². The van der Waals surface area contributed by atoms with Crippen molar-refractivity contribution in [3.63, 3.8) is 0 Å². The second-order valence-corrected chi connectivity index (χ2v) is 4.57. The molecule has 2 rings (SSSR count). The molecule has 0 saturated carbocycles. The zero-order valence-corrected chi connectivity index (χ0v) is 9.30. The lowest BCUT2D eigenvalue weighted by molar-refractivity contribution is 0.499. The molecule has 1 aliphatic rings. The minimum atomic E-state index is 0.642. The highest BCUT2D eigenvalue weighted by Gasteiger charge is 2.21. The third-order valence-electron chi connectivity index (χ3n) is 3.35. The van der Waals surface area contributed by atoms with Crippen LogP contribution in [-0.4, -0.2) is 0 Å². The van der Waals surface area contributed by atoms with Crippen molar-refractivity contribution in [3.05, 3.63) is 28.3 Å². The summed E-state index contributed by atoms with van der Waals surface area (Å²) in [5.41, 5.74) is 11.0. The number of fused-ring (bicyclic) bond motifs is 1. The Hall–Kier alpha value is -1.49. The molecule has 2 N–H and O–H groups in total. The molecule has 1 aromatic rings. The van der Waals surface area contributed by atoms with Crippen LogP contribution in [0, 0.1) is 24.2 Å². The van der Waals surface area contributed by atoms with Crippen LogP contribution in [0.15, 0.2) is 6.07 Å². The molecule has 0 aliphatic heterocycles. The second-order valence-electron chi connectivity index (χ2n) is 4.57. The maximum Gasteiger partial charge on any atom is 0.102 e. The molecular weight excluding hydrogens is 184 g/mol. The quantitative estimate of drug-likeness (QED) is 0.654. The Kier molecular flexibility index (Phi) is 2.40. The van der Waals surface area contributed by atoms with Gasteiger partial charge in [0.15, 0.2) is 0 Å². The molecule has 1 atom stereocenters. The minimum Gasteiger partial charge on any atom is -0.398 e. The molecule has 0 fully saturated rings. The highest BCUT2D eigenvalue weighted by atomic mass is 14.6. The predicted octanol–water partition coefficient (Wildman–Crippen LogP) is 2.57. The zero-order chi connectivity index (χ0) is 11.0. The van der Waals surface area contributed by atoms with Crippen LogP contribution in [0.4, 0.5) is 5.69 Å². The van der Waals surface area contributed by atoms with Gasteiger partial charge < -0.3 is 5.73 Å². The number of anilines is 1. The lowest BCUT2D eigenvalue weighted by atomic mass is 9.80. The van der Waals surface area contributed by atoms with E-state index in [4.69, 9.17) is 11.0 Å². The van der Waals surface area contributed by atoms with Crippen LogP contribution in [0.5, 0.6) is 0 Å². The number of nitriles is 1. The summed E-state index contributed by atoms with van der Waals surface area (Å²) in [5.74, 6) is 0.672. The lowest BCUT2D eigenvalue weighted by Crippen LogP contribution is -2.15. The summed E-state index contributed by atoms with van der Waals surface area (Å²) in [6.45, 7) is 4.33. The fourth-order valence-electron chi connectivity index (χ4n) is 2.50. The maximum absolute atomic E-state index is 9.12. The van der Waals surface area contributed by atoms with Gasteiger partial charge in [-0.1, -0.05) is 6.92 Å². The van der Waals surface area contributed by atoms with Gasteiger partial charge in [-0.05, 0) is 54.9 Å². The highest BCUT2D eigenvalue weighted by molar-refractivity contribution is 5.63. The van der Waals surface area contributed by atoms with Gasteiger partial charge in [-0.15, -0.1) is 0 Å². The summed E-state index contributed by atoms with van der Waals surface area (Å²) in [6, 6.07) is 4.18. The Morgan fingerprint density at radius 1 is 1.47 bits per heavy atom. The van der Waals surface area contributed by atoms with Crippen LogP contribution in [0.1, 0.15) is 35.6 Å². The highest BCUT2D eigenvalue weighted by Crippen LogP contribution is 2.32. The van der Waals surface area contributed by atoms with Gasteiger partial charge in [-0.3, -0.25) is 0 Å². The summed E-state index contributed by atoms with van der Waals surface area (Å²) in [4.78, 5) is 0. The summed E-state index contributed by atoms with van der Waals surface area (Å²) in [7, 11) is 0. The van der Waals surface area contributed by atoms with Gasteiger partial charge in [-0.2, -0.15) is 5.26 Å². The van der Waals surface area contributed by atoms with Gasteiger partial charge in [0.05, 0.1) is 5.56 Å². The summed E-state index contributed by atoms with van der Waals surface area (Å²) >= 11 is 0. The van der Waals surface area contributed by atoms with Gasteiger partial charge in [0.1, 0.15) is 6.07 Å². The number of aryl methyl sites for hydroxylation is 1. The van der Waals surface area contributed by atoms with Crippen molar-refractivity contribution >= 4 is 5.69 Å². The van der Waals surface area contributed by atoms with E-state index in [1.54, 1.807) is 0 Å². The number of nitrogens with zero attached hydrogens (tertiary/aromatic N) is 1. The molecule has 1 aliphatic carbocycles. The van der Waals surface area contributed by atoms with Gasteiger partial charge in [-0.25, -0.2) is 0 Å². The molecule has 1 unspecified atom stereocenters. The monoisotopic (exact) mass is 200 g/mol. The molecule has 2 nitrogen and oxygen atoms in total. The Labute approximate surface area is 90.7 Å². The molecular formula is C13H16N2. The first-order valence-electron chi connectivity index (χ1n) is 5.44. The molecule has 0 radical (unpaired) electrons. The van der Waals surface area contributed by atoms with Gasteiger partial charge in [0.2, 0.25) is 0 Å². The standard InChI is InChI=1S/C13H16N2/c1-8-3-4-10-9(2)6-13(15)12(7-14)11(10)5-8/h6,8H,3-5,15H2,1-2H3.